The van der Waals surface area contributed by atoms with Crippen molar-refractivity contribution >= 4 is 29.0 Å². The Kier molecular flexibility index (Phi) is 5.10. The second-order valence-corrected chi connectivity index (χ2v) is 4.26. The molecule has 0 aliphatic carbocycles. The van der Waals surface area contributed by atoms with Gasteiger partial charge in [0.25, 0.3) is 0 Å². The molecule has 0 saturated carbocycles. The summed E-state index contributed by atoms with van der Waals surface area (Å²) in [6, 6.07) is 4.92. The molecular formula is C12H18ClN3O. The molecule has 1 rings (SSSR count). The number of halogens is 1. The lowest BCUT2D eigenvalue weighted by Gasteiger charge is -2.15. The maximum absolute atomic E-state index is 11.7. The first-order chi connectivity index (χ1) is 8.06. The second kappa shape index (κ2) is 6.35. The summed E-state index contributed by atoms with van der Waals surface area (Å²) in [4.78, 5) is 11.7. The summed E-state index contributed by atoms with van der Waals surface area (Å²) in [5.74, 6) is 0. The summed E-state index contributed by atoms with van der Waals surface area (Å²) in [5.41, 5.74) is 6.70. The number of carbonyl (C=O) groups is 1. The van der Waals surface area contributed by atoms with E-state index >= 15 is 0 Å². The highest BCUT2D eigenvalue weighted by Gasteiger charge is 2.09. The Morgan fingerprint density at radius 2 is 2.06 bits per heavy atom. The molecule has 5 heteroatoms. The Balaban J connectivity index is 2.62. The normalized spacial score (nSPS) is 10.4. The molecule has 0 spiro atoms. The monoisotopic (exact) mass is 255 g/mol. The number of nitrogens with two attached hydrogens (primary N) is 1. The molecule has 1 aromatic carbocycles. The summed E-state index contributed by atoms with van der Waals surface area (Å²) in [6.07, 6.45) is 1.80. The van der Waals surface area contributed by atoms with Gasteiger partial charge in [-0.05, 0) is 31.0 Å². The lowest BCUT2D eigenvalue weighted by atomic mass is 10.2. The van der Waals surface area contributed by atoms with Gasteiger partial charge in [-0.3, -0.25) is 0 Å². The van der Waals surface area contributed by atoms with E-state index < -0.39 is 0 Å². The Bertz CT molecular complexity index is 391. The Labute approximate surface area is 107 Å². The van der Waals surface area contributed by atoms with E-state index in [1.807, 2.05) is 13.8 Å². The van der Waals surface area contributed by atoms with Crippen molar-refractivity contribution in [2.45, 2.75) is 32.7 Å². The zero-order valence-corrected chi connectivity index (χ0v) is 10.8. The van der Waals surface area contributed by atoms with Crippen molar-refractivity contribution in [3.63, 3.8) is 0 Å². The number of nitrogens with one attached hydrogen (secondary N) is 2. The van der Waals surface area contributed by atoms with Crippen LogP contribution in [0.1, 0.15) is 26.7 Å². The van der Waals surface area contributed by atoms with E-state index in [0.29, 0.717) is 16.4 Å². The highest BCUT2D eigenvalue weighted by atomic mass is 35.5. The number of urea groups is 1. The number of rotatable bonds is 4. The van der Waals surface area contributed by atoms with E-state index in [1.165, 1.54) is 0 Å². The molecule has 0 saturated heterocycles. The number of benzene rings is 1. The topological polar surface area (TPSA) is 67.2 Å². The minimum Gasteiger partial charge on any atom is -0.399 e. The fourth-order valence-corrected chi connectivity index (χ4v) is 1.71. The second-order valence-electron chi connectivity index (χ2n) is 3.85. The maximum Gasteiger partial charge on any atom is 0.319 e. The van der Waals surface area contributed by atoms with Crippen LogP contribution >= 0.6 is 11.6 Å². The first-order valence-electron chi connectivity index (χ1n) is 5.69. The standard InChI is InChI=1S/C12H18ClN3O/c1-3-9(4-2)15-12(17)16-11-6-5-8(14)7-10(11)13/h5-7,9H,3-4,14H2,1-2H3,(H2,15,16,17). The van der Waals surface area contributed by atoms with Gasteiger partial charge in [0.15, 0.2) is 0 Å². The van der Waals surface area contributed by atoms with Gasteiger partial charge in [0, 0.05) is 11.7 Å². The zero-order valence-electron chi connectivity index (χ0n) is 10.1. The van der Waals surface area contributed by atoms with E-state index in [9.17, 15) is 4.79 Å². The van der Waals surface area contributed by atoms with E-state index in [0.717, 1.165) is 12.8 Å². The van der Waals surface area contributed by atoms with Crippen molar-refractivity contribution in [1.29, 1.82) is 0 Å². The molecule has 0 aromatic heterocycles. The molecule has 4 nitrogen and oxygen atoms in total. The highest BCUT2D eigenvalue weighted by molar-refractivity contribution is 6.34. The lowest BCUT2D eigenvalue weighted by Crippen LogP contribution is -2.37. The molecule has 0 fully saturated rings. The fourth-order valence-electron chi connectivity index (χ4n) is 1.47. The molecule has 94 valence electrons. The molecule has 4 N–H and O–H groups in total. The third-order valence-corrected chi connectivity index (χ3v) is 2.87. The van der Waals surface area contributed by atoms with Crippen molar-refractivity contribution in [1.82, 2.24) is 5.32 Å². The number of carbonyl (C=O) groups excluding carboxylic acids is 1. The van der Waals surface area contributed by atoms with Gasteiger partial charge in [-0.25, -0.2) is 4.79 Å². The predicted molar refractivity (Wildman–Crippen MR) is 72.4 cm³/mol. The van der Waals surface area contributed by atoms with Gasteiger partial charge in [0.2, 0.25) is 0 Å². The van der Waals surface area contributed by atoms with E-state index in [1.54, 1.807) is 18.2 Å². The van der Waals surface area contributed by atoms with Gasteiger partial charge in [0.1, 0.15) is 0 Å². The summed E-state index contributed by atoms with van der Waals surface area (Å²) < 4.78 is 0. The first-order valence-corrected chi connectivity index (χ1v) is 6.07. The molecule has 0 atom stereocenters. The van der Waals surface area contributed by atoms with Crippen LogP contribution in [0.25, 0.3) is 0 Å². The van der Waals surface area contributed by atoms with Crippen LogP contribution in [0.3, 0.4) is 0 Å². The Hall–Kier alpha value is -1.42. The third kappa shape index (κ3) is 4.15. The smallest absolute Gasteiger partial charge is 0.319 e. The third-order valence-electron chi connectivity index (χ3n) is 2.56. The SMILES string of the molecule is CCC(CC)NC(=O)Nc1ccc(N)cc1Cl. The van der Waals surface area contributed by atoms with Crippen molar-refractivity contribution in [3.05, 3.63) is 23.2 Å². The van der Waals surface area contributed by atoms with Crippen LogP contribution in [0.15, 0.2) is 18.2 Å². The largest absolute Gasteiger partial charge is 0.399 e. The molecule has 0 radical (unpaired) electrons. The predicted octanol–water partition coefficient (Wildman–Crippen LogP) is 3.23. The number of amides is 2. The molecule has 17 heavy (non-hydrogen) atoms. The van der Waals surface area contributed by atoms with Crippen LogP contribution in [-0.4, -0.2) is 12.1 Å². The molecule has 0 aliphatic rings. The molecular weight excluding hydrogens is 238 g/mol. The van der Waals surface area contributed by atoms with Crippen molar-refractivity contribution in [3.8, 4) is 0 Å². The summed E-state index contributed by atoms with van der Waals surface area (Å²) in [7, 11) is 0. The van der Waals surface area contributed by atoms with Gasteiger partial charge in [-0.2, -0.15) is 0 Å². The van der Waals surface area contributed by atoms with Crippen LogP contribution in [0.5, 0.6) is 0 Å². The zero-order chi connectivity index (χ0) is 12.8. The summed E-state index contributed by atoms with van der Waals surface area (Å²) >= 11 is 5.96. The average molecular weight is 256 g/mol. The van der Waals surface area contributed by atoms with E-state index in [2.05, 4.69) is 10.6 Å². The van der Waals surface area contributed by atoms with Crippen LogP contribution in [-0.2, 0) is 0 Å². The van der Waals surface area contributed by atoms with E-state index in [4.69, 9.17) is 17.3 Å². The van der Waals surface area contributed by atoms with Crippen molar-refractivity contribution < 1.29 is 4.79 Å². The molecule has 2 amide bonds. The minimum atomic E-state index is -0.245. The van der Waals surface area contributed by atoms with E-state index in [-0.39, 0.29) is 12.1 Å². The van der Waals surface area contributed by atoms with Gasteiger partial charge in [-0.15, -0.1) is 0 Å². The van der Waals surface area contributed by atoms with Crippen LogP contribution in [0.2, 0.25) is 5.02 Å². The number of anilines is 2. The lowest BCUT2D eigenvalue weighted by molar-refractivity contribution is 0.247. The molecule has 0 aliphatic heterocycles. The molecule has 0 heterocycles. The van der Waals surface area contributed by atoms with Crippen molar-refractivity contribution in [2.24, 2.45) is 0 Å². The Morgan fingerprint density at radius 1 is 1.41 bits per heavy atom. The first kappa shape index (κ1) is 13.6. The van der Waals surface area contributed by atoms with Gasteiger partial charge in [0.05, 0.1) is 10.7 Å². The molecule has 0 bridgehead atoms. The number of hydrogen-bond donors (Lipinski definition) is 3. The van der Waals surface area contributed by atoms with Crippen molar-refractivity contribution in [2.75, 3.05) is 11.1 Å². The van der Waals surface area contributed by atoms with Gasteiger partial charge < -0.3 is 16.4 Å². The van der Waals surface area contributed by atoms with Gasteiger partial charge in [-0.1, -0.05) is 25.4 Å². The average Bonchev–Trinajstić information content (AvgIpc) is 2.29. The minimum absolute atomic E-state index is 0.183. The van der Waals surface area contributed by atoms with Crippen LogP contribution in [0.4, 0.5) is 16.2 Å². The summed E-state index contributed by atoms with van der Waals surface area (Å²) in [5, 5.41) is 6.00. The van der Waals surface area contributed by atoms with Crippen LogP contribution < -0.4 is 16.4 Å². The Morgan fingerprint density at radius 3 is 2.59 bits per heavy atom. The molecule has 0 unspecified atom stereocenters. The maximum atomic E-state index is 11.7. The number of nitrogen functional groups attached to an aromatic ring is 1. The fraction of sp³-hybridized carbons (Fsp3) is 0.417. The molecule has 1 aromatic rings. The van der Waals surface area contributed by atoms with Gasteiger partial charge >= 0.3 is 6.03 Å². The number of hydrogen-bond acceptors (Lipinski definition) is 2. The highest BCUT2D eigenvalue weighted by Crippen LogP contribution is 2.23. The quantitative estimate of drug-likeness (QED) is 0.723. The summed E-state index contributed by atoms with van der Waals surface area (Å²) in [6.45, 7) is 4.06. The van der Waals surface area contributed by atoms with Crippen LogP contribution in [0, 0.1) is 0 Å².